The summed E-state index contributed by atoms with van der Waals surface area (Å²) in [6.45, 7) is 0.0126. The van der Waals surface area contributed by atoms with E-state index in [-0.39, 0.29) is 22.8 Å². The van der Waals surface area contributed by atoms with Crippen molar-refractivity contribution in [3.8, 4) is 5.75 Å². The van der Waals surface area contributed by atoms with Crippen LogP contribution in [0.3, 0.4) is 0 Å². The van der Waals surface area contributed by atoms with E-state index >= 15 is 0 Å². The third-order valence-electron chi connectivity index (χ3n) is 3.58. The lowest BCUT2D eigenvalue weighted by atomic mass is 10.1. The zero-order valence-corrected chi connectivity index (χ0v) is 13.7. The molecule has 0 spiro atoms. The fraction of sp³-hybridized carbons (Fsp3) is 0.0556. The van der Waals surface area contributed by atoms with Crippen LogP contribution in [0.5, 0.6) is 5.75 Å². The number of benzene rings is 2. The third-order valence-corrected chi connectivity index (χ3v) is 4.49. The first-order valence-electron chi connectivity index (χ1n) is 7.30. The first-order chi connectivity index (χ1) is 11.9. The van der Waals surface area contributed by atoms with E-state index in [1.807, 2.05) is 0 Å². The predicted octanol–water partition coefficient (Wildman–Crippen LogP) is 3.33. The number of aromatic hydroxyl groups is 1. The number of hydrogen-bond donors (Lipinski definition) is 2. The summed E-state index contributed by atoms with van der Waals surface area (Å²) in [6, 6.07) is 12.4. The van der Waals surface area contributed by atoms with Gasteiger partial charge in [-0.25, -0.2) is 4.79 Å². The van der Waals surface area contributed by atoms with Gasteiger partial charge in [0.25, 0.3) is 11.1 Å². The van der Waals surface area contributed by atoms with Gasteiger partial charge >= 0.3 is 5.97 Å². The van der Waals surface area contributed by atoms with E-state index in [9.17, 15) is 19.5 Å². The van der Waals surface area contributed by atoms with Crippen LogP contribution in [0, 0.1) is 0 Å². The van der Waals surface area contributed by atoms with E-state index in [1.54, 1.807) is 30.3 Å². The molecule has 0 saturated carbocycles. The number of phenolic OH excluding ortho intramolecular Hbond substituents is 1. The van der Waals surface area contributed by atoms with E-state index in [0.29, 0.717) is 11.1 Å². The minimum Gasteiger partial charge on any atom is -0.508 e. The minimum atomic E-state index is -1.07. The summed E-state index contributed by atoms with van der Waals surface area (Å²) in [7, 11) is 0. The van der Waals surface area contributed by atoms with E-state index in [1.165, 1.54) is 24.3 Å². The molecule has 126 valence electrons. The van der Waals surface area contributed by atoms with Gasteiger partial charge in [0.1, 0.15) is 5.75 Å². The van der Waals surface area contributed by atoms with Gasteiger partial charge in [-0.1, -0.05) is 24.3 Å². The largest absolute Gasteiger partial charge is 0.508 e. The second-order valence-corrected chi connectivity index (χ2v) is 6.36. The Morgan fingerprint density at radius 1 is 1.12 bits per heavy atom. The number of carboxylic acids is 1. The molecule has 7 heteroatoms. The number of amides is 2. The van der Waals surface area contributed by atoms with Crippen molar-refractivity contribution < 1.29 is 24.6 Å². The van der Waals surface area contributed by atoms with Crippen LogP contribution in [-0.2, 0) is 11.3 Å². The van der Waals surface area contributed by atoms with Gasteiger partial charge in [-0.05, 0) is 53.2 Å². The summed E-state index contributed by atoms with van der Waals surface area (Å²) >= 11 is 0.830. The molecule has 0 radical (unpaired) electrons. The van der Waals surface area contributed by atoms with Crippen molar-refractivity contribution in [3.05, 3.63) is 70.1 Å². The number of phenols is 1. The predicted molar refractivity (Wildman–Crippen MR) is 93.0 cm³/mol. The molecule has 0 aliphatic carbocycles. The SMILES string of the molecule is O=C(O)c1cccc(CN2C(=O)S/C(=C\c3ccc(O)cc3)C2=O)c1. The van der Waals surface area contributed by atoms with Gasteiger partial charge < -0.3 is 10.2 Å². The molecule has 2 N–H and O–H groups in total. The zero-order valence-electron chi connectivity index (χ0n) is 12.9. The second kappa shape index (κ2) is 6.82. The Labute approximate surface area is 147 Å². The summed E-state index contributed by atoms with van der Waals surface area (Å²) < 4.78 is 0. The van der Waals surface area contributed by atoms with Crippen molar-refractivity contribution >= 4 is 35.0 Å². The molecule has 25 heavy (non-hydrogen) atoms. The van der Waals surface area contributed by atoms with Crippen molar-refractivity contribution in [2.75, 3.05) is 0 Å². The van der Waals surface area contributed by atoms with Crippen molar-refractivity contribution in [2.45, 2.75) is 6.54 Å². The number of aromatic carboxylic acids is 1. The highest BCUT2D eigenvalue weighted by Gasteiger charge is 2.35. The van der Waals surface area contributed by atoms with Crippen LogP contribution < -0.4 is 0 Å². The van der Waals surface area contributed by atoms with Crippen LogP contribution in [0.2, 0.25) is 0 Å². The Kier molecular flexibility index (Phi) is 4.58. The van der Waals surface area contributed by atoms with Crippen LogP contribution >= 0.6 is 11.8 Å². The number of hydrogen-bond acceptors (Lipinski definition) is 5. The lowest BCUT2D eigenvalue weighted by Gasteiger charge is -2.12. The van der Waals surface area contributed by atoms with E-state index in [0.717, 1.165) is 16.7 Å². The topological polar surface area (TPSA) is 94.9 Å². The number of carboxylic acid groups (broad SMARTS) is 1. The highest BCUT2D eigenvalue weighted by atomic mass is 32.2. The molecular formula is C18H13NO5S. The highest BCUT2D eigenvalue weighted by Crippen LogP contribution is 2.33. The van der Waals surface area contributed by atoms with Gasteiger partial charge in [0, 0.05) is 0 Å². The minimum absolute atomic E-state index is 0.0126. The Hall–Kier alpha value is -3.06. The molecule has 1 saturated heterocycles. The molecule has 1 aliphatic rings. The normalized spacial score (nSPS) is 15.8. The highest BCUT2D eigenvalue weighted by molar-refractivity contribution is 8.18. The molecular weight excluding hydrogens is 342 g/mol. The van der Waals surface area contributed by atoms with Crippen molar-refractivity contribution in [1.82, 2.24) is 4.90 Å². The number of imide groups is 1. The summed E-state index contributed by atoms with van der Waals surface area (Å²) in [5, 5.41) is 17.9. The molecule has 2 aromatic rings. The first kappa shape index (κ1) is 16.8. The quantitative estimate of drug-likeness (QED) is 0.817. The summed E-state index contributed by atoms with van der Waals surface area (Å²) in [5.41, 5.74) is 1.35. The number of carbonyl (C=O) groups is 3. The second-order valence-electron chi connectivity index (χ2n) is 5.36. The molecule has 6 nitrogen and oxygen atoms in total. The Balaban J connectivity index is 1.81. The van der Waals surface area contributed by atoms with Gasteiger partial charge in [-0.3, -0.25) is 14.5 Å². The average Bonchev–Trinajstić information content (AvgIpc) is 2.85. The Bertz CT molecular complexity index is 889. The Morgan fingerprint density at radius 3 is 2.52 bits per heavy atom. The van der Waals surface area contributed by atoms with E-state index < -0.39 is 17.1 Å². The lowest BCUT2D eigenvalue weighted by Crippen LogP contribution is -2.27. The first-order valence-corrected chi connectivity index (χ1v) is 8.12. The summed E-state index contributed by atoms with van der Waals surface area (Å²) in [4.78, 5) is 37.0. The van der Waals surface area contributed by atoms with E-state index in [4.69, 9.17) is 5.11 Å². The lowest BCUT2D eigenvalue weighted by molar-refractivity contribution is -0.123. The molecule has 2 amide bonds. The van der Waals surface area contributed by atoms with Crippen molar-refractivity contribution in [2.24, 2.45) is 0 Å². The maximum Gasteiger partial charge on any atom is 0.335 e. The average molecular weight is 355 g/mol. The molecule has 1 fully saturated rings. The molecule has 3 rings (SSSR count). The fourth-order valence-corrected chi connectivity index (χ4v) is 3.18. The number of rotatable bonds is 4. The van der Waals surface area contributed by atoms with Gasteiger partial charge in [0.15, 0.2) is 0 Å². The van der Waals surface area contributed by atoms with Crippen LogP contribution in [0.25, 0.3) is 6.08 Å². The molecule has 0 aromatic heterocycles. The van der Waals surface area contributed by atoms with Gasteiger partial charge in [-0.15, -0.1) is 0 Å². The van der Waals surface area contributed by atoms with Crippen LogP contribution in [0.4, 0.5) is 4.79 Å². The van der Waals surface area contributed by atoms with Crippen molar-refractivity contribution in [3.63, 3.8) is 0 Å². The molecule has 0 atom stereocenters. The molecule has 0 bridgehead atoms. The van der Waals surface area contributed by atoms with Crippen LogP contribution in [-0.4, -0.2) is 32.2 Å². The molecule has 2 aromatic carbocycles. The smallest absolute Gasteiger partial charge is 0.335 e. The fourth-order valence-electron chi connectivity index (χ4n) is 2.34. The standard InChI is InChI=1S/C18H13NO5S/c20-14-6-4-11(5-7-14)9-15-16(21)19(18(24)25-15)10-12-2-1-3-13(8-12)17(22)23/h1-9,20H,10H2,(H,22,23)/b15-9-. The van der Waals surface area contributed by atoms with Crippen LogP contribution in [0.1, 0.15) is 21.5 Å². The number of carbonyl (C=O) groups excluding carboxylic acids is 2. The van der Waals surface area contributed by atoms with Crippen molar-refractivity contribution in [1.29, 1.82) is 0 Å². The third kappa shape index (κ3) is 3.72. The van der Waals surface area contributed by atoms with Gasteiger partial charge in [0.2, 0.25) is 0 Å². The maximum atomic E-state index is 12.5. The van der Waals surface area contributed by atoms with E-state index in [2.05, 4.69) is 0 Å². The monoisotopic (exact) mass is 355 g/mol. The molecule has 1 heterocycles. The number of nitrogens with zero attached hydrogens (tertiary/aromatic N) is 1. The molecule has 1 aliphatic heterocycles. The number of thioether (sulfide) groups is 1. The molecule has 0 unspecified atom stereocenters. The van der Waals surface area contributed by atoms with Gasteiger partial charge in [0.05, 0.1) is 17.0 Å². The summed E-state index contributed by atoms with van der Waals surface area (Å²) in [5.74, 6) is -1.38. The van der Waals surface area contributed by atoms with Crippen LogP contribution in [0.15, 0.2) is 53.4 Å². The Morgan fingerprint density at radius 2 is 1.84 bits per heavy atom. The zero-order chi connectivity index (χ0) is 18.0. The van der Waals surface area contributed by atoms with Gasteiger partial charge in [-0.2, -0.15) is 0 Å². The summed E-state index contributed by atoms with van der Waals surface area (Å²) in [6.07, 6.45) is 1.58. The maximum absolute atomic E-state index is 12.5.